The molecule has 1 spiro atoms. The normalized spacial score (nSPS) is 38.6. The molecular formula is C23H38O7Si. The molecule has 0 aromatic rings. The Morgan fingerprint density at radius 1 is 1.10 bits per heavy atom. The van der Waals surface area contributed by atoms with Crippen LogP contribution in [0.3, 0.4) is 0 Å². The third-order valence-corrected chi connectivity index (χ3v) is 8.05. The van der Waals surface area contributed by atoms with E-state index < -0.39 is 32.2 Å². The number of carbonyl (C=O) groups excluding carboxylic acids is 1. The van der Waals surface area contributed by atoms with E-state index in [2.05, 4.69) is 25.3 Å². The molecule has 1 aliphatic carbocycles. The number of aliphatic hydroxyl groups excluding tert-OH is 1. The Balaban J connectivity index is 1.55. The number of aliphatic hydroxyl groups is 1. The average molecular weight is 455 g/mol. The Bertz CT molecular complexity index is 669. The van der Waals surface area contributed by atoms with Crippen molar-refractivity contribution in [1.29, 1.82) is 0 Å². The van der Waals surface area contributed by atoms with Crippen molar-refractivity contribution in [3.8, 4) is 0 Å². The van der Waals surface area contributed by atoms with Crippen LogP contribution in [-0.2, 0) is 28.5 Å². The van der Waals surface area contributed by atoms with Gasteiger partial charge in [0.05, 0.1) is 33.8 Å². The number of rotatable bonds is 5. The Morgan fingerprint density at radius 3 is 2.48 bits per heavy atom. The minimum atomic E-state index is -1.46. The Labute approximate surface area is 186 Å². The highest BCUT2D eigenvalue weighted by molar-refractivity contribution is 6.80. The topological polar surface area (TPSA) is 83.5 Å². The maximum absolute atomic E-state index is 11.8. The molecule has 0 bridgehead atoms. The predicted octanol–water partition coefficient (Wildman–Crippen LogP) is 3.10. The Morgan fingerprint density at radius 2 is 1.81 bits per heavy atom. The van der Waals surface area contributed by atoms with Crippen LogP contribution in [0.4, 0.5) is 0 Å². The van der Waals surface area contributed by atoms with Gasteiger partial charge in [-0.15, -0.1) is 0 Å². The van der Waals surface area contributed by atoms with Gasteiger partial charge in [0, 0.05) is 12.8 Å². The Hall–Kier alpha value is -0.773. The van der Waals surface area contributed by atoms with Crippen molar-refractivity contribution in [2.24, 2.45) is 0 Å². The molecule has 0 aromatic carbocycles. The van der Waals surface area contributed by atoms with E-state index >= 15 is 0 Å². The number of hydrogen-bond acceptors (Lipinski definition) is 7. The van der Waals surface area contributed by atoms with Crippen LogP contribution in [-0.4, -0.2) is 74.8 Å². The molecule has 4 rings (SSSR count). The summed E-state index contributed by atoms with van der Waals surface area (Å²) in [5, 5.41) is 11.0. The highest BCUT2D eigenvalue weighted by atomic mass is 28.3. The maximum Gasteiger partial charge on any atom is 0.308 e. The largest absolute Gasteiger partial charge is 0.469 e. The van der Waals surface area contributed by atoms with Crippen molar-refractivity contribution < 1.29 is 33.6 Å². The van der Waals surface area contributed by atoms with Crippen LogP contribution in [0, 0.1) is 0 Å². The van der Waals surface area contributed by atoms with E-state index in [-0.39, 0.29) is 36.8 Å². The zero-order chi connectivity index (χ0) is 22.2. The van der Waals surface area contributed by atoms with E-state index in [0.29, 0.717) is 6.42 Å². The predicted molar refractivity (Wildman–Crippen MR) is 117 cm³/mol. The molecule has 1 N–H and O–H groups in total. The lowest BCUT2D eigenvalue weighted by Gasteiger charge is -2.47. The van der Waals surface area contributed by atoms with Gasteiger partial charge in [-0.3, -0.25) is 4.79 Å². The van der Waals surface area contributed by atoms with E-state index in [1.54, 1.807) is 0 Å². The summed E-state index contributed by atoms with van der Waals surface area (Å²) in [5.74, 6) is -0.876. The zero-order valence-electron chi connectivity index (χ0n) is 19.2. The van der Waals surface area contributed by atoms with E-state index in [9.17, 15) is 9.90 Å². The number of fused-ring (bicyclic) bond motifs is 3. The maximum atomic E-state index is 11.8. The summed E-state index contributed by atoms with van der Waals surface area (Å²) in [4.78, 5) is 11.8. The molecule has 4 unspecified atom stereocenters. The highest BCUT2D eigenvalue weighted by Crippen LogP contribution is 2.48. The fourth-order valence-corrected chi connectivity index (χ4v) is 6.06. The van der Waals surface area contributed by atoms with Gasteiger partial charge in [-0.1, -0.05) is 37.8 Å². The summed E-state index contributed by atoms with van der Waals surface area (Å²) in [6.45, 7) is 6.71. The Kier molecular flexibility index (Phi) is 6.96. The molecule has 31 heavy (non-hydrogen) atoms. The fraction of sp³-hybridized carbons (Fsp3) is 0.870. The van der Waals surface area contributed by atoms with Gasteiger partial charge in [0.1, 0.15) is 30.5 Å². The SMILES string of the molecule is COC(=O)CC1CCC2O[C@@H](C(O)/C=C/[Si](C)(C)C)[C@H]3OC4(CCCCC4)OC3[C@H]2O1. The molecule has 8 heteroatoms. The van der Waals surface area contributed by atoms with Gasteiger partial charge in [-0.05, 0) is 25.7 Å². The lowest BCUT2D eigenvalue weighted by molar-refractivity contribution is -0.250. The van der Waals surface area contributed by atoms with E-state index in [1.165, 1.54) is 13.5 Å². The van der Waals surface area contributed by atoms with Crippen LogP contribution in [0.15, 0.2) is 11.8 Å². The van der Waals surface area contributed by atoms with E-state index in [4.69, 9.17) is 23.7 Å². The molecule has 3 aliphatic heterocycles. The second-order valence-electron chi connectivity index (χ2n) is 10.6. The first kappa shape index (κ1) is 23.4. The van der Waals surface area contributed by atoms with Gasteiger partial charge in [0.25, 0.3) is 0 Å². The molecule has 7 atom stereocenters. The quantitative estimate of drug-likeness (QED) is 0.505. The monoisotopic (exact) mass is 454 g/mol. The molecule has 3 saturated heterocycles. The molecule has 7 nitrogen and oxygen atoms in total. The number of hydrogen-bond donors (Lipinski definition) is 1. The second kappa shape index (κ2) is 9.23. The number of methoxy groups -OCH3 is 1. The van der Waals surface area contributed by atoms with E-state index in [1.807, 2.05) is 6.08 Å². The minimum Gasteiger partial charge on any atom is -0.469 e. The molecule has 176 valence electrons. The van der Waals surface area contributed by atoms with Crippen molar-refractivity contribution >= 4 is 14.0 Å². The smallest absolute Gasteiger partial charge is 0.308 e. The van der Waals surface area contributed by atoms with Crippen LogP contribution in [0.25, 0.3) is 0 Å². The number of ether oxygens (including phenoxy) is 5. The summed E-state index contributed by atoms with van der Waals surface area (Å²) >= 11 is 0. The zero-order valence-corrected chi connectivity index (χ0v) is 20.2. The molecule has 4 aliphatic rings. The lowest BCUT2D eigenvalue weighted by atomic mass is 9.87. The third-order valence-electron chi connectivity index (χ3n) is 6.86. The first-order valence-electron chi connectivity index (χ1n) is 11.8. The average Bonchev–Trinajstić information content (AvgIpc) is 3.10. The fourth-order valence-electron chi connectivity index (χ4n) is 5.29. The van der Waals surface area contributed by atoms with Crippen LogP contribution in [0.1, 0.15) is 51.4 Å². The van der Waals surface area contributed by atoms with Crippen LogP contribution < -0.4 is 0 Å². The molecule has 3 heterocycles. The number of carbonyl (C=O) groups is 1. The standard InChI is InChI=1S/C23H38O7Si/c1-26-18(25)14-15-8-9-17-20(27-15)22-21(29-23(30-22)11-6-5-7-12-23)19(28-17)16(24)10-13-31(2,3)4/h10,13,15-17,19-22,24H,5-9,11-12,14H2,1-4H3/b13-10+/t15?,16?,17?,19-,20-,21+,22?/m0/s1. The summed E-state index contributed by atoms with van der Waals surface area (Å²) in [6, 6.07) is 0. The second-order valence-corrected chi connectivity index (χ2v) is 15.6. The van der Waals surface area contributed by atoms with Crippen molar-refractivity contribution in [3.05, 3.63) is 11.8 Å². The van der Waals surface area contributed by atoms with Crippen molar-refractivity contribution in [1.82, 2.24) is 0 Å². The van der Waals surface area contributed by atoms with Gasteiger partial charge < -0.3 is 28.8 Å². The third kappa shape index (κ3) is 5.25. The van der Waals surface area contributed by atoms with Gasteiger partial charge in [-0.25, -0.2) is 0 Å². The summed E-state index contributed by atoms with van der Waals surface area (Å²) in [7, 11) is -0.0584. The molecular weight excluding hydrogens is 416 g/mol. The molecule has 0 amide bonds. The van der Waals surface area contributed by atoms with Gasteiger partial charge in [0.15, 0.2) is 5.79 Å². The van der Waals surface area contributed by atoms with Gasteiger partial charge >= 0.3 is 5.97 Å². The molecule has 4 fully saturated rings. The van der Waals surface area contributed by atoms with Crippen LogP contribution in [0.5, 0.6) is 0 Å². The minimum absolute atomic E-state index is 0.183. The van der Waals surface area contributed by atoms with Crippen LogP contribution >= 0.6 is 0 Å². The van der Waals surface area contributed by atoms with Crippen molar-refractivity contribution in [2.45, 2.75) is 120 Å². The van der Waals surface area contributed by atoms with Crippen LogP contribution in [0.2, 0.25) is 19.6 Å². The number of esters is 1. The molecule has 0 aromatic heterocycles. The summed E-state index contributed by atoms with van der Waals surface area (Å²) in [6.07, 6.45) is 6.00. The van der Waals surface area contributed by atoms with Gasteiger partial charge in [-0.2, -0.15) is 0 Å². The van der Waals surface area contributed by atoms with Crippen molar-refractivity contribution in [2.75, 3.05) is 7.11 Å². The van der Waals surface area contributed by atoms with Gasteiger partial charge in [0.2, 0.25) is 0 Å². The lowest BCUT2D eigenvalue weighted by Crippen LogP contribution is -2.62. The molecule has 0 radical (unpaired) electrons. The highest BCUT2D eigenvalue weighted by Gasteiger charge is 2.60. The first-order chi connectivity index (χ1) is 14.7. The van der Waals surface area contributed by atoms with Crippen molar-refractivity contribution in [3.63, 3.8) is 0 Å². The summed E-state index contributed by atoms with van der Waals surface area (Å²) in [5.41, 5.74) is 2.15. The molecule has 1 saturated carbocycles. The van der Waals surface area contributed by atoms with E-state index in [0.717, 1.165) is 32.1 Å². The summed E-state index contributed by atoms with van der Waals surface area (Å²) < 4.78 is 30.7. The first-order valence-corrected chi connectivity index (χ1v) is 15.4.